The van der Waals surface area contributed by atoms with Crippen LogP contribution in [0.3, 0.4) is 0 Å². The Balaban J connectivity index is 2.40. The van der Waals surface area contributed by atoms with Crippen molar-refractivity contribution in [3.63, 3.8) is 0 Å². The summed E-state index contributed by atoms with van der Waals surface area (Å²) in [5.74, 6) is 0. The molecule has 88 valence electrons. The second-order valence-electron chi connectivity index (χ2n) is 5.62. The van der Waals surface area contributed by atoms with E-state index < -0.39 is 0 Å². The van der Waals surface area contributed by atoms with E-state index in [4.69, 9.17) is 0 Å². The summed E-state index contributed by atoms with van der Waals surface area (Å²) < 4.78 is 4.23. The summed E-state index contributed by atoms with van der Waals surface area (Å²) >= 11 is 0. The Morgan fingerprint density at radius 3 is 2.47 bits per heavy atom. The summed E-state index contributed by atoms with van der Waals surface area (Å²) in [6.07, 6.45) is 4.05. The topological polar surface area (TPSA) is 22.8 Å². The van der Waals surface area contributed by atoms with Crippen molar-refractivity contribution in [3.05, 3.63) is 30.6 Å². The zero-order valence-electron chi connectivity index (χ0n) is 10.7. The largest absolute Gasteiger partial charge is 0.351 e. The first kappa shape index (κ1) is 10.4. The molecule has 0 amide bonds. The standard InChI is InChI=1S/C14H17N3/c1-14(2,3)17-13-7-10-5-6-16(4)12(10)8-11(13)9-15-17/h5-9H,1-4H3. The highest BCUT2D eigenvalue weighted by Crippen LogP contribution is 2.26. The molecule has 2 aromatic heterocycles. The molecule has 3 rings (SSSR count). The molecule has 0 bridgehead atoms. The number of aryl methyl sites for hydroxylation is 1. The molecule has 17 heavy (non-hydrogen) atoms. The van der Waals surface area contributed by atoms with Crippen LogP contribution in [0, 0.1) is 0 Å². The number of aromatic nitrogens is 3. The van der Waals surface area contributed by atoms with Gasteiger partial charge in [0.05, 0.1) is 17.3 Å². The lowest BCUT2D eigenvalue weighted by Gasteiger charge is -2.20. The molecule has 3 aromatic rings. The first-order valence-electron chi connectivity index (χ1n) is 5.90. The summed E-state index contributed by atoms with van der Waals surface area (Å²) in [5.41, 5.74) is 2.48. The molecule has 3 heteroatoms. The zero-order chi connectivity index (χ0) is 12.2. The van der Waals surface area contributed by atoms with Gasteiger partial charge in [-0.05, 0) is 39.0 Å². The number of hydrogen-bond donors (Lipinski definition) is 0. The van der Waals surface area contributed by atoms with Crippen molar-refractivity contribution in [2.45, 2.75) is 26.3 Å². The van der Waals surface area contributed by atoms with E-state index >= 15 is 0 Å². The van der Waals surface area contributed by atoms with Gasteiger partial charge in [0.1, 0.15) is 0 Å². The van der Waals surface area contributed by atoms with E-state index in [9.17, 15) is 0 Å². The first-order valence-corrected chi connectivity index (χ1v) is 5.90. The van der Waals surface area contributed by atoms with Gasteiger partial charge in [-0.25, -0.2) is 0 Å². The van der Waals surface area contributed by atoms with Crippen LogP contribution in [0.15, 0.2) is 30.6 Å². The van der Waals surface area contributed by atoms with E-state index in [0.29, 0.717) is 0 Å². The van der Waals surface area contributed by atoms with E-state index in [0.717, 1.165) is 0 Å². The fourth-order valence-corrected chi connectivity index (χ4v) is 2.32. The van der Waals surface area contributed by atoms with Crippen molar-refractivity contribution in [2.24, 2.45) is 7.05 Å². The molecule has 0 spiro atoms. The van der Waals surface area contributed by atoms with Gasteiger partial charge in [0, 0.05) is 29.5 Å². The Kier molecular flexibility index (Phi) is 1.91. The summed E-state index contributed by atoms with van der Waals surface area (Å²) in [6.45, 7) is 6.53. The Bertz CT molecular complexity index is 695. The molecular weight excluding hydrogens is 210 g/mol. The van der Waals surface area contributed by atoms with E-state index in [1.54, 1.807) is 0 Å². The zero-order valence-corrected chi connectivity index (χ0v) is 10.7. The molecule has 2 heterocycles. The lowest BCUT2D eigenvalue weighted by Crippen LogP contribution is -2.22. The molecule has 1 aromatic carbocycles. The van der Waals surface area contributed by atoms with Gasteiger partial charge in [-0.1, -0.05) is 0 Å². The minimum atomic E-state index is 0.0181. The lowest BCUT2D eigenvalue weighted by molar-refractivity contribution is 0.368. The quantitative estimate of drug-likeness (QED) is 0.578. The van der Waals surface area contributed by atoms with Crippen LogP contribution in [0.5, 0.6) is 0 Å². The molecule has 0 atom stereocenters. The number of nitrogens with zero attached hydrogens (tertiary/aromatic N) is 3. The maximum absolute atomic E-state index is 4.51. The van der Waals surface area contributed by atoms with E-state index in [-0.39, 0.29) is 5.54 Å². The van der Waals surface area contributed by atoms with Gasteiger partial charge in [0.15, 0.2) is 0 Å². The molecular formula is C14H17N3. The summed E-state index contributed by atoms with van der Waals surface area (Å²) in [5, 5.41) is 6.98. The van der Waals surface area contributed by atoms with Crippen LogP contribution in [-0.4, -0.2) is 14.3 Å². The van der Waals surface area contributed by atoms with Gasteiger partial charge in [-0.15, -0.1) is 0 Å². The fraction of sp³-hybridized carbons (Fsp3) is 0.357. The fourth-order valence-electron chi connectivity index (χ4n) is 2.32. The number of hydrogen-bond acceptors (Lipinski definition) is 1. The van der Waals surface area contributed by atoms with Crippen LogP contribution in [0.2, 0.25) is 0 Å². The first-order chi connectivity index (χ1) is 7.97. The highest BCUT2D eigenvalue weighted by molar-refractivity contribution is 5.95. The van der Waals surface area contributed by atoms with Gasteiger partial charge in [-0.3, -0.25) is 4.68 Å². The molecule has 0 saturated carbocycles. The van der Waals surface area contributed by atoms with Crippen LogP contribution in [0.1, 0.15) is 20.8 Å². The second-order valence-corrected chi connectivity index (χ2v) is 5.62. The Hall–Kier alpha value is -1.77. The smallest absolute Gasteiger partial charge is 0.0696 e. The predicted octanol–water partition coefficient (Wildman–Crippen LogP) is 3.28. The number of fused-ring (bicyclic) bond motifs is 2. The number of rotatable bonds is 0. The summed E-state index contributed by atoms with van der Waals surface area (Å²) in [4.78, 5) is 0. The van der Waals surface area contributed by atoms with Crippen LogP contribution >= 0.6 is 0 Å². The van der Waals surface area contributed by atoms with E-state index in [1.807, 2.05) is 6.20 Å². The summed E-state index contributed by atoms with van der Waals surface area (Å²) in [7, 11) is 2.07. The van der Waals surface area contributed by atoms with Crippen LogP contribution < -0.4 is 0 Å². The second kappa shape index (κ2) is 3.13. The molecule has 0 aliphatic rings. The lowest BCUT2D eigenvalue weighted by atomic mass is 10.1. The third-order valence-corrected chi connectivity index (χ3v) is 3.21. The third-order valence-electron chi connectivity index (χ3n) is 3.21. The highest BCUT2D eigenvalue weighted by Gasteiger charge is 2.17. The van der Waals surface area contributed by atoms with Crippen molar-refractivity contribution in [1.82, 2.24) is 14.3 Å². The molecule has 3 nitrogen and oxygen atoms in total. The van der Waals surface area contributed by atoms with Crippen molar-refractivity contribution < 1.29 is 0 Å². The molecule has 0 N–H and O–H groups in total. The van der Waals surface area contributed by atoms with Crippen LogP contribution in [-0.2, 0) is 12.6 Å². The van der Waals surface area contributed by atoms with Crippen molar-refractivity contribution >= 4 is 21.8 Å². The molecule has 0 fully saturated rings. The SMILES string of the molecule is Cn1ccc2cc3c(cnn3C(C)(C)C)cc21. The van der Waals surface area contributed by atoms with E-state index in [1.165, 1.54) is 21.8 Å². The van der Waals surface area contributed by atoms with Gasteiger partial charge in [0.2, 0.25) is 0 Å². The normalized spacial score (nSPS) is 12.7. The maximum Gasteiger partial charge on any atom is 0.0696 e. The third kappa shape index (κ3) is 1.46. The Morgan fingerprint density at radius 2 is 1.76 bits per heavy atom. The molecule has 0 radical (unpaired) electrons. The minimum absolute atomic E-state index is 0.0181. The molecule has 0 unspecified atom stereocenters. The Labute approximate surface area is 101 Å². The van der Waals surface area contributed by atoms with Gasteiger partial charge in [0.25, 0.3) is 0 Å². The van der Waals surface area contributed by atoms with Crippen molar-refractivity contribution in [3.8, 4) is 0 Å². The molecule has 0 aliphatic carbocycles. The van der Waals surface area contributed by atoms with Crippen LogP contribution in [0.4, 0.5) is 0 Å². The summed E-state index contributed by atoms with van der Waals surface area (Å²) in [6, 6.07) is 6.58. The minimum Gasteiger partial charge on any atom is -0.351 e. The monoisotopic (exact) mass is 227 g/mol. The predicted molar refractivity (Wildman–Crippen MR) is 71.2 cm³/mol. The van der Waals surface area contributed by atoms with Gasteiger partial charge < -0.3 is 4.57 Å². The maximum atomic E-state index is 4.51. The Morgan fingerprint density at radius 1 is 1.06 bits per heavy atom. The highest BCUT2D eigenvalue weighted by atomic mass is 15.3. The van der Waals surface area contributed by atoms with Gasteiger partial charge in [-0.2, -0.15) is 5.10 Å². The van der Waals surface area contributed by atoms with Gasteiger partial charge >= 0.3 is 0 Å². The van der Waals surface area contributed by atoms with Crippen molar-refractivity contribution in [1.29, 1.82) is 0 Å². The van der Waals surface area contributed by atoms with E-state index in [2.05, 4.69) is 66.6 Å². The number of benzene rings is 1. The average molecular weight is 227 g/mol. The van der Waals surface area contributed by atoms with Crippen molar-refractivity contribution in [2.75, 3.05) is 0 Å². The van der Waals surface area contributed by atoms with Crippen LogP contribution in [0.25, 0.3) is 21.8 Å². The molecule has 0 saturated heterocycles. The average Bonchev–Trinajstić information content (AvgIpc) is 2.79. The molecule has 0 aliphatic heterocycles.